The first-order valence-electron chi connectivity index (χ1n) is 8.32. The predicted molar refractivity (Wildman–Crippen MR) is 102 cm³/mol. The second kappa shape index (κ2) is 7.84. The standard InChI is InChI=1S/C18H22N4O3S/c1-10(8-24-4)22-17(23)15-12(3)14-16(20-9-21-18(14)26-15)19-7-13-6-5-11(2)25-13/h5-6,9-10H,7-8H2,1-4H3,(H,22,23)(H,19,20,21). The molecule has 3 aromatic heterocycles. The third-order valence-corrected chi connectivity index (χ3v) is 5.15. The molecule has 0 saturated carbocycles. The normalized spacial score (nSPS) is 12.3. The van der Waals surface area contributed by atoms with Crippen LogP contribution in [-0.4, -0.2) is 35.6 Å². The summed E-state index contributed by atoms with van der Waals surface area (Å²) < 4.78 is 10.7. The van der Waals surface area contributed by atoms with Gasteiger partial charge in [0.25, 0.3) is 5.91 Å². The molecule has 138 valence electrons. The van der Waals surface area contributed by atoms with Gasteiger partial charge in [-0.2, -0.15) is 0 Å². The van der Waals surface area contributed by atoms with Gasteiger partial charge in [-0.25, -0.2) is 9.97 Å². The number of hydrogen-bond acceptors (Lipinski definition) is 7. The lowest BCUT2D eigenvalue weighted by molar-refractivity contribution is 0.0909. The topological polar surface area (TPSA) is 89.3 Å². The third kappa shape index (κ3) is 3.86. The van der Waals surface area contributed by atoms with Gasteiger partial charge in [-0.05, 0) is 38.5 Å². The highest BCUT2D eigenvalue weighted by atomic mass is 32.1. The Morgan fingerprint density at radius 2 is 2.15 bits per heavy atom. The van der Waals surface area contributed by atoms with E-state index in [1.54, 1.807) is 7.11 Å². The molecule has 0 radical (unpaired) electrons. The molecule has 7 nitrogen and oxygen atoms in total. The number of fused-ring (bicyclic) bond motifs is 1. The maximum atomic E-state index is 12.6. The van der Waals surface area contributed by atoms with E-state index in [9.17, 15) is 4.79 Å². The van der Waals surface area contributed by atoms with Crippen LogP contribution < -0.4 is 10.6 Å². The number of amides is 1. The van der Waals surface area contributed by atoms with Crippen LogP contribution >= 0.6 is 11.3 Å². The summed E-state index contributed by atoms with van der Waals surface area (Å²) >= 11 is 1.36. The molecule has 1 atom stereocenters. The van der Waals surface area contributed by atoms with Gasteiger partial charge >= 0.3 is 0 Å². The van der Waals surface area contributed by atoms with Crippen LogP contribution in [0.2, 0.25) is 0 Å². The summed E-state index contributed by atoms with van der Waals surface area (Å²) in [5.74, 6) is 2.27. The highest BCUT2D eigenvalue weighted by Gasteiger charge is 2.20. The Labute approximate surface area is 155 Å². The van der Waals surface area contributed by atoms with Gasteiger partial charge < -0.3 is 19.8 Å². The first kappa shape index (κ1) is 18.3. The van der Waals surface area contributed by atoms with Gasteiger partial charge in [-0.3, -0.25) is 4.79 Å². The molecule has 3 aromatic rings. The first-order chi connectivity index (χ1) is 12.5. The fourth-order valence-electron chi connectivity index (χ4n) is 2.75. The van der Waals surface area contributed by atoms with Crippen LogP contribution in [0.25, 0.3) is 10.2 Å². The van der Waals surface area contributed by atoms with Crippen molar-refractivity contribution in [2.75, 3.05) is 19.0 Å². The van der Waals surface area contributed by atoms with E-state index in [0.29, 0.717) is 23.8 Å². The minimum absolute atomic E-state index is 0.0667. The van der Waals surface area contributed by atoms with E-state index in [-0.39, 0.29) is 11.9 Å². The molecule has 0 saturated heterocycles. The molecule has 1 unspecified atom stereocenters. The zero-order valence-corrected chi connectivity index (χ0v) is 16.1. The van der Waals surface area contributed by atoms with Gasteiger partial charge in [0.15, 0.2) is 0 Å². The van der Waals surface area contributed by atoms with Crippen LogP contribution in [0.1, 0.15) is 33.7 Å². The van der Waals surface area contributed by atoms with E-state index < -0.39 is 0 Å². The second-order valence-corrected chi connectivity index (χ2v) is 7.15. The molecule has 3 heterocycles. The molecular weight excluding hydrogens is 352 g/mol. The van der Waals surface area contributed by atoms with Crippen LogP contribution in [0.15, 0.2) is 22.9 Å². The number of nitrogens with one attached hydrogen (secondary N) is 2. The van der Waals surface area contributed by atoms with E-state index >= 15 is 0 Å². The Kier molecular flexibility index (Phi) is 5.53. The number of ether oxygens (including phenoxy) is 1. The quantitative estimate of drug-likeness (QED) is 0.660. The number of carbonyl (C=O) groups excluding carboxylic acids is 1. The number of aromatic nitrogens is 2. The lowest BCUT2D eigenvalue weighted by atomic mass is 10.2. The summed E-state index contributed by atoms with van der Waals surface area (Å²) in [5.41, 5.74) is 0.867. The monoisotopic (exact) mass is 374 g/mol. The van der Waals surface area contributed by atoms with E-state index in [1.165, 1.54) is 17.7 Å². The molecule has 0 spiro atoms. The molecule has 0 aliphatic carbocycles. The van der Waals surface area contributed by atoms with Gasteiger partial charge in [-0.15, -0.1) is 11.3 Å². The van der Waals surface area contributed by atoms with Gasteiger partial charge in [0, 0.05) is 13.2 Å². The summed E-state index contributed by atoms with van der Waals surface area (Å²) in [6, 6.07) is 3.78. The van der Waals surface area contributed by atoms with Gasteiger partial charge in [-0.1, -0.05) is 0 Å². The second-order valence-electron chi connectivity index (χ2n) is 6.15. The highest BCUT2D eigenvalue weighted by Crippen LogP contribution is 2.33. The number of furan rings is 1. The van der Waals surface area contributed by atoms with Crippen molar-refractivity contribution in [3.8, 4) is 0 Å². The lowest BCUT2D eigenvalue weighted by Gasteiger charge is -2.12. The Bertz CT molecular complexity index is 918. The summed E-state index contributed by atoms with van der Waals surface area (Å²) in [4.78, 5) is 22.7. The van der Waals surface area contributed by atoms with Crippen LogP contribution in [0.5, 0.6) is 0 Å². The van der Waals surface area contributed by atoms with Crippen LogP contribution in [0.3, 0.4) is 0 Å². The van der Waals surface area contributed by atoms with Crippen molar-refractivity contribution in [3.05, 3.63) is 40.4 Å². The van der Waals surface area contributed by atoms with Gasteiger partial charge in [0.05, 0.1) is 23.4 Å². The fourth-order valence-corrected chi connectivity index (χ4v) is 3.81. The Balaban J connectivity index is 1.85. The van der Waals surface area contributed by atoms with Crippen molar-refractivity contribution in [3.63, 3.8) is 0 Å². The number of methoxy groups -OCH3 is 1. The molecule has 0 aliphatic rings. The third-order valence-electron chi connectivity index (χ3n) is 3.95. The van der Waals surface area contributed by atoms with Crippen molar-refractivity contribution in [2.24, 2.45) is 0 Å². The predicted octanol–water partition coefficient (Wildman–Crippen LogP) is 3.28. The van der Waals surface area contributed by atoms with E-state index in [0.717, 1.165) is 27.3 Å². The Morgan fingerprint density at radius 1 is 1.35 bits per heavy atom. The smallest absolute Gasteiger partial charge is 0.262 e. The van der Waals surface area contributed by atoms with Crippen LogP contribution in [-0.2, 0) is 11.3 Å². The lowest BCUT2D eigenvalue weighted by Crippen LogP contribution is -2.35. The molecular formula is C18H22N4O3S. The first-order valence-corrected chi connectivity index (χ1v) is 9.14. The molecule has 0 fully saturated rings. The summed E-state index contributed by atoms with van der Waals surface area (Å²) in [7, 11) is 1.61. The molecule has 0 bridgehead atoms. The zero-order chi connectivity index (χ0) is 18.7. The number of rotatable bonds is 7. The molecule has 1 amide bonds. The van der Waals surface area contributed by atoms with Crippen molar-refractivity contribution < 1.29 is 13.9 Å². The van der Waals surface area contributed by atoms with Gasteiger partial charge in [0.1, 0.15) is 28.5 Å². The molecule has 0 aliphatic heterocycles. The molecule has 2 N–H and O–H groups in total. The number of anilines is 1. The van der Waals surface area contributed by atoms with E-state index in [4.69, 9.17) is 9.15 Å². The van der Waals surface area contributed by atoms with Gasteiger partial charge in [0.2, 0.25) is 0 Å². The zero-order valence-electron chi connectivity index (χ0n) is 15.3. The van der Waals surface area contributed by atoms with E-state index in [1.807, 2.05) is 32.9 Å². The van der Waals surface area contributed by atoms with Crippen molar-refractivity contribution in [1.82, 2.24) is 15.3 Å². The minimum Gasteiger partial charge on any atom is -0.465 e. The van der Waals surface area contributed by atoms with E-state index in [2.05, 4.69) is 20.6 Å². The highest BCUT2D eigenvalue weighted by molar-refractivity contribution is 7.20. The van der Waals surface area contributed by atoms with Crippen LogP contribution in [0.4, 0.5) is 5.82 Å². The van der Waals surface area contributed by atoms with Crippen LogP contribution in [0, 0.1) is 13.8 Å². The van der Waals surface area contributed by atoms with Crippen molar-refractivity contribution >= 4 is 33.3 Å². The molecule has 8 heteroatoms. The number of nitrogens with zero attached hydrogens (tertiary/aromatic N) is 2. The Morgan fingerprint density at radius 3 is 2.85 bits per heavy atom. The maximum Gasteiger partial charge on any atom is 0.262 e. The summed E-state index contributed by atoms with van der Waals surface area (Å²) in [5, 5.41) is 7.09. The summed E-state index contributed by atoms with van der Waals surface area (Å²) in [6.07, 6.45) is 1.50. The number of aryl methyl sites for hydroxylation is 2. The maximum absolute atomic E-state index is 12.6. The number of hydrogen-bond donors (Lipinski definition) is 2. The SMILES string of the molecule is COCC(C)NC(=O)c1sc2ncnc(NCc3ccc(C)o3)c2c1C. The molecule has 3 rings (SSSR count). The Hall–Kier alpha value is -2.45. The number of carbonyl (C=O) groups is 1. The average Bonchev–Trinajstić information content (AvgIpc) is 3.17. The van der Waals surface area contributed by atoms with Crippen molar-refractivity contribution in [2.45, 2.75) is 33.4 Å². The largest absolute Gasteiger partial charge is 0.465 e. The number of thiophene rings is 1. The minimum atomic E-state index is -0.123. The summed E-state index contributed by atoms with van der Waals surface area (Å²) in [6.45, 7) is 6.71. The van der Waals surface area contributed by atoms with Crippen molar-refractivity contribution in [1.29, 1.82) is 0 Å². The molecule has 26 heavy (non-hydrogen) atoms. The fraction of sp³-hybridized carbons (Fsp3) is 0.389. The molecule has 0 aromatic carbocycles. The average molecular weight is 374 g/mol.